The van der Waals surface area contributed by atoms with Crippen molar-refractivity contribution in [3.05, 3.63) is 34.5 Å². The summed E-state index contributed by atoms with van der Waals surface area (Å²) in [7, 11) is 0. The van der Waals surface area contributed by atoms with E-state index in [0.29, 0.717) is 16.5 Å². The average molecular weight is 191 g/mol. The third kappa shape index (κ3) is 1.62. The third-order valence-electron chi connectivity index (χ3n) is 2.04. The largest absolute Gasteiger partial charge is 0.478 e. The van der Waals surface area contributed by atoms with Gasteiger partial charge < -0.3 is 10.1 Å². The Bertz CT molecular complexity index is 480. The number of carboxylic acids is 1. The predicted octanol–water partition coefficient (Wildman–Crippen LogP) is 0.788. The van der Waals surface area contributed by atoms with Gasteiger partial charge in [-0.3, -0.25) is 0 Å². The molecule has 0 fully saturated rings. The third-order valence-corrected chi connectivity index (χ3v) is 2.04. The van der Waals surface area contributed by atoms with Crippen LogP contribution in [-0.4, -0.2) is 16.1 Å². The standard InChI is InChI=1S/C11H13NO2/c1-4-6-8-9(5-2)12-7(3)10(8)11(13)14/h4-6,12H,1H2,2-3H3,(H,13,14). The van der Waals surface area contributed by atoms with Crippen LogP contribution in [0.25, 0.3) is 12.2 Å². The van der Waals surface area contributed by atoms with Gasteiger partial charge in [-0.2, -0.15) is 0 Å². The number of aromatic nitrogens is 1. The van der Waals surface area contributed by atoms with E-state index in [4.69, 9.17) is 5.11 Å². The molecule has 0 amide bonds. The number of rotatable bonds is 2. The maximum Gasteiger partial charge on any atom is 0.338 e. The Morgan fingerprint density at radius 3 is 2.64 bits per heavy atom. The minimum absolute atomic E-state index is 0.318. The molecule has 0 radical (unpaired) electrons. The highest BCUT2D eigenvalue weighted by Gasteiger charge is 2.11. The molecule has 1 rings (SSSR count). The number of hydrogen-bond donors (Lipinski definition) is 2. The van der Waals surface area contributed by atoms with Crippen molar-refractivity contribution in [1.29, 1.82) is 0 Å². The van der Waals surface area contributed by atoms with Gasteiger partial charge in [-0.1, -0.05) is 24.8 Å². The number of carbonyl (C=O) groups is 1. The summed E-state index contributed by atoms with van der Waals surface area (Å²) in [6.45, 7) is 7.17. The van der Waals surface area contributed by atoms with Gasteiger partial charge >= 0.3 is 5.97 Å². The quantitative estimate of drug-likeness (QED) is 0.726. The van der Waals surface area contributed by atoms with Crippen molar-refractivity contribution < 1.29 is 9.90 Å². The molecule has 0 atom stereocenters. The molecule has 1 heterocycles. The number of aryl methyl sites for hydroxylation is 1. The van der Waals surface area contributed by atoms with Gasteiger partial charge in [-0.25, -0.2) is 4.79 Å². The van der Waals surface area contributed by atoms with Crippen molar-refractivity contribution in [3.8, 4) is 0 Å². The lowest BCUT2D eigenvalue weighted by Gasteiger charge is -1.89. The van der Waals surface area contributed by atoms with Gasteiger partial charge in [0.05, 0.1) is 5.56 Å². The van der Waals surface area contributed by atoms with Gasteiger partial charge in [0.1, 0.15) is 0 Å². The Kier molecular flexibility index (Phi) is 2.92. The van der Waals surface area contributed by atoms with E-state index in [1.807, 2.05) is 13.0 Å². The van der Waals surface area contributed by atoms with Crippen LogP contribution >= 0.6 is 0 Å². The van der Waals surface area contributed by atoms with Crippen molar-refractivity contribution in [3.63, 3.8) is 0 Å². The van der Waals surface area contributed by atoms with Gasteiger partial charge in [0.25, 0.3) is 0 Å². The van der Waals surface area contributed by atoms with E-state index in [1.54, 1.807) is 19.1 Å². The first-order valence-electron chi connectivity index (χ1n) is 4.32. The molecular weight excluding hydrogens is 178 g/mol. The van der Waals surface area contributed by atoms with Crippen LogP contribution in [0.1, 0.15) is 23.0 Å². The van der Waals surface area contributed by atoms with Gasteiger partial charge in [-0.15, -0.1) is 0 Å². The van der Waals surface area contributed by atoms with Crippen molar-refractivity contribution in [2.75, 3.05) is 0 Å². The summed E-state index contributed by atoms with van der Waals surface area (Å²) < 4.78 is 0. The van der Waals surface area contributed by atoms with Crippen molar-refractivity contribution in [1.82, 2.24) is 4.98 Å². The smallest absolute Gasteiger partial charge is 0.338 e. The molecule has 1 aromatic heterocycles. The molecule has 3 nitrogen and oxygen atoms in total. The van der Waals surface area contributed by atoms with Crippen LogP contribution in [0.3, 0.4) is 0 Å². The summed E-state index contributed by atoms with van der Waals surface area (Å²) in [6, 6.07) is 0. The molecule has 1 aromatic rings. The summed E-state index contributed by atoms with van der Waals surface area (Å²) in [6.07, 6.45) is 5.12. The number of hydrogen-bond acceptors (Lipinski definition) is 1. The van der Waals surface area contributed by atoms with Gasteiger partial charge in [0.15, 0.2) is 0 Å². The monoisotopic (exact) mass is 191 g/mol. The lowest BCUT2D eigenvalue weighted by atomic mass is 10.2. The molecule has 0 saturated carbocycles. The molecule has 14 heavy (non-hydrogen) atoms. The first-order valence-corrected chi connectivity index (χ1v) is 4.32. The maximum absolute atomic E-state index is 11.0. The lowest BCUT2D eigenvalue weighted by Crippen LogP contribution is -2.26. The van der Waals surface area contributed by atoms with Crippen LogP contribution in [0.15, 0.2) is 12.7 Å². The minimum atomic E-state index is -0.917. The Labute approximate surface area is 82.1 Å². The topological polar surface area (TPSA) is 53.1 Å². The molecule has 0 aliphatic heterocycles. The van der Waals surface area contributed by atoms with Crippen LogP contribution in [0.4, 0.5) is 0 Å². The normalized spacial score (nSPS) is 13.3. The molecule has 0 bridgehead atoms. The number of nitrogens with one attached hydrogen (secondary N) is 1. The van der Waals surface area contributed by atoms with Crippen molar-refractivity contribution in [2.24, 2.45) is 0 Å². The van der Waals surface area contributed by atoms with E-state index < -0.39 is 5.97 Å². The molecule has 2 N–H and O–H groups in total. The zero-order chi connectivity index (χ0) is 10.7. The summed E-state index contributed by atoms with van der Waals surface area (Å²) in [5, 5.41) is 10.5. The molecule has 74 valence electrons. The molecule has 0 unspecified atom stereocenters. The highest BCUT2D eigenvalue weighted by atomic mass is 16.4. The van der Waals surface area contributed by atoms with E-state index in [2.05, 4.69) is 11.6 Å². The Hall–Kier alpha value is -1.77. The van der Waals surface area contributed by atoms with E-state index in [9.17, 15) is 4.79 Å². The molecule has 0 saturated heterocycles. The minimum Gasteiger partial charge on any atom is -0.478 e. The maximum atomic E-state index is 11.0. The summed E-state index contributed by atoms with van der Waals surface area (Å²) >= 11 is 0. The summed E-state index contributed by atoms with van der Waals surface area (Å²) in [5.74, 6) is -0.917. The van der Waals surface area contributed by atoms with Crippen LogP contribution in [0.5, 0.6) is 0 Å². The fourth-order valence-electron chi connectivity index (χ4n) is 1.46. The van der Waals surface area contributed by atoms with E-state index in [1.165, 1.54) is 0 Å². The first-order chi connectivity index (χ1) is 6.61. The Morgan fingerprint density at radius 2 is 2.21 bits per heavy atom. The summed E-state index contributed by atoms with van der Waals surface area (Å²) in [4.78, 5) is 14.0. The Balaban J connectivity index is 3.74. The highest BCUT2D eigenvalue weighted by molar-refractivity contribution is 5.89. The van der Waals surface area contributed by atoms with Crippen molar-refractivity contribution >= 4 is 18.1 Å². The molecule has 0 aliphatic carbocycles. The zero-order valence-electron chi connectivity index (χ0n) is 8.29. The van der Waals surface area contributed by atoms with Gasteiger partial charge in [0.2, 0.25) is 0 Å². The molecular formula is C11H13NO2. The number of aromatic carboxylic acids is 1. The van der Waals surface area contributed by atoms with E-state index >= 15 is 0 Å². The fraction of sp³-hybridized carbons (Fsp3) is 0.182. The molecule has 0 aromatic carbocycles. The second-order valence-electron chi connectivity index (χ2n) is 2.95. The number of aromatic amines is 1. The molecule has 3 heteroatoms. The van der Waals surface area contributed by atoms with E-state index in [0.717, 1.165) is 5.35 Å². The van der Waals surface area contributed by atoms with Crippen LogP contribution in [0, 0.1) is 6.92 Å². The number of carboxylic acid groups (broad SMARTS) is 1. The lowest BCUT2D eigenvalue weighted by molar-refractivity contribution is 0.0695. The molecule has 0 spiro atoms. The average Bonchev–Trinajstić information content (AvgIpc) is 2.43. The first kappa shape index (κ1) is 10.3. The van der Waals surface area contributed by atoms with E-state index in [-0.39, 0.29) is 0 Å². The van der Waals surface area contributed by atoms with Crippen molar-refractivity contribution in [2.45, 2.75) is 13.8 Å². The Morgan fingerprint density at radius 1 is 1.57 bits per heavy atom. The fourth-order valence-corrected chi connectivity index (χ4v) is 1.46. The SMILES string of the molecule is C=CC=c1c(C(=O)O)c(C)[nH]c1=CC. The second-order valence-corrected chi connectivity index (χ2v) is 2.95. The van der Waals surface area contributed by atoms with Crippen LogP contribution < -0.4 is 10.6 Å². The number of H-pyrrole nitrogens is 1. The summed E-state index contributed by atoms with van der Waals surface area (Å²) in [5.41, 5.74) is 0.983. The van der Waals surface area contributed by atoms with Gasteiger partial charge in [0, 0.05) is 16.3 Å². The molecule has 0 aliphatic rings. The van der Waals surface area contributed by atoms with Crippen LogP contribution in [0.2, 0.25) is 0 Å². The predicted molar refractivity (Wildman–Crippen MR) is 56.5 cm³/mol. The van der Waals surface area contributed by atoms with Gasteiger partial charge in [-0.05, 0) is 13.8 Å². The highest BCUT2D eigenvalue weighted by Crippen LogP contribution is 1.95. The zero-order valence-corrected chi connectivity index (χ0v) is 8.29. The number of allylic oxidation sites excluding steroid dienone is 1. The second kappa shape index (κ2) is 3.96. The van der Waals surface area contributed by atoms with Crippen LogP contribution in [-0.2, 0) is 0 Å².